The Bertz CT molecular complexity index is 940. The molecule has 1 heterocycles. The summed E-state index contributed by atoms with van der Waals surface area (Å²) in [4.78, 5) is 12.6. The molecule has 1 N–H and O–H groups in total. The van der Waals surface area contributed by atoms with E-state index >= 15 is 0 Å². The van der Waals surface area contributed by atoms with Crippen LogP contribution >= 0.6 is 0 Å². The van der Waals surface area contributed by atoms with Gasteiger partial charge >= 0.3 is 0 Å². The van der Waals surface area contributed by atoms with E-state index in [1.807, 2.05) is 25.1 Å². The third kappa shape index (κ3) is 3.25. The van der Waals surface area contributed by atoms with E-state index in [1.54, 1.807) is 13.2 Å². The lowest BCUT2D eigenvalue weighted by molar-refractivity contribution is 0.0914. The molecule has 130 valence electrons. The number of furan rings is 1. The Morgan fingerprint density at radius 2 is 1.80 bits per heavy atom. The number of benzene rings is 2. The average Bonchev–Trinajstić information content (AvgIpc) is 3.02. The zero-order valence-corrected chi connectivity index (χ0v) is 15.3. The van der Waals surface area contributed by atoms with Crippen molar-refractivity contribution >= 4 is 16.9 Å². The van der Waals surface area contributed by atoms with Gasteiger partial charge in [0, 0.05) is 5.39 Å². The highest BCUT2D eigenvalue weighted by Gasteiger charge is 2.18. The van der Waals surface area contributed by atoms with Gasteiger partial charge in [-0.1, -0.05) is 24.3 Å². The van der Waals surface area contributed by atoms with E-state index in [4.69, 9.17) is 9.15 Å². The van der Waals surface area contributed by atoms with Crippen LogP contribution < -0.4 is 10.1 Å². The van der Waals surface area contributed by atoms with Crippen LogP contribution in [0, 0.1) is 20.8 Å². The number of carbonyl (C=O) groups excluding carboxylic acids is 1. The normalized spacial score (nSPS) is 12.2. The maximum Gasteiger partial charge on any atom is 0.287 e. The largest absolute Gasteiger partial charge is 0.493 e. The molecule has 1 atom stereocenters. The molecular weight excluding hydrogens is 314 g/mol. The molecule has 4 nitrogen and oxygen atoms in total. The summed E-state index contributed by atoms with van der Waals surface area (Å²) in [7, 11) is 1.58. The SMILES string of the molecule is COc1cccc2cc(C(=O)N[C@H](C)c3cc(C)c(C)cc3C)oc12. The fourth-order valence-electron chi connectivity index (χ4n) is 3.10. The van der Waals surface area contributed by atoms with Gasteiger partial charge in [0.2, 0.25) is 0 Å². The molecule has 0 unspecified atom stereocenters. The van der Waals surface area contributed by atoms with Gasteiger partial charge in [0.25, 0.3) is 5.91 Å². The van der Waals surface area contributed by atoms with Gasteiger partial charge in [0.1, 0.15) is 0 Å². The Morgan fingerprint density at radius 3 is 2.52 bits per heavy atom. The number of ether oxygens (including phenoxy) is 1. The number of hydrogen-bond acceptors (Lipinski definition) is 3. The zero-order chi connectivity index (χ0) is 18.1. The molecular formula is C21H23NO3. The average molecular weight is 337 g/mol. The third-order valence-corrected chi connectivity index (χ3v) is 4.65. The lowest BCUT2D eigenvalue weighted by atomic mass is 9.96. The summed E-state index contributed by atoms with van der Waals surface area (Å²) in [5, 5.41) is 3.87. The van der Waals surface area contributed by atoms with Gasteiger partial charge < -0.3 is 14.5 Å². The molecule has 0 fully saturated rings. The Kier molecular flexibility index (Phi) is 4.53. The minimum atomic E-state index is -0.233. The first-order valence-electron chi connectivity index (χ1n) is 8.36. The van der Waals surface area contributed by atoms with E-state index in [1.165, 1.54) is 16.7 Å². The lowest BCUT2D eigenvalue weighted by Gasteiger charge is -2.17. The second-order valence-corrected chi connectivity index (χ2v) is 6.48. The van der Waals surface area contributed by atoms with E-state index in [2.05, 4.69) is 38.2 Å². The Labute approximate surface area is 147 Å². The van der Waals surface area contributed by atoms with Crippen LogP contribution in [-0.2, 0) is 0 Å². The van der Waals surface area contributed by atoms with Crippen LogP contribution in [0.15, 0.2) is 40.8 Å². The van der Waals surface area contributed by atoms with Gasteiger partial charge in [-0.05, 0) is 62.1 Å². The van der Waals surface area contributed by atoms with E-state index < -0.39 is 0 Å². The fraction of sp³-hybridized carbons (Fsp3) is 0.286. The quantitative estimate of drug-likeness (QED) is 0.740. The molecule has 0 aliphatic rings. The smallest absolute Gasteiger partial charge is 0.287 e. The predicted molar refractivity (Wildman–Crippen MR) is 99.3 cm³/mol. The molecule has 0 aliphatic heterocycles. The summed E-state index contributed by atoms with van der Waals surface area (Å²) in [5.41, 5.74) is 5.34. The number of para-hydroxylation sites is 1. The van der Waals surface area contributed by atoms with Crippen molar-refractivity contribution in [2.45, 2.75) is 33.7 Å². The summed E-state index contributed by atoms with van der Waals surface area (Å²) >= 11 is 0. The second-order valence-electron chi connectivity index (χ2n) is 6.48. The molecule has 4 heteroatoms. The minimum Gasteiger partial charge on any atom is -0.493 e. The number of nitrogens with one attached hydrogen (secondary N) is 1. The monoisotopic (exact) mass is 337 g/mol. The summed E-state index contributed by atoms with van der Waals surface area (Å²) in [5.74, 6) is 0.672. The van der Waals surface area contributed by atoms with Gasteiger partial charge in [0.15, 0.2) is 17.1 Å². The van der Waals surface area contributed by atoms with Crippen LogP contribution in [0.25, 0.3) is 11.0 Å². The van der Waals surface area contributed by atoms with Gasteiger partial charge in [-0.15, -0.1) is 0 Å². The standard InChI is InChI=1S/C21H23NO3/c1-12-9-14(3)17(10-13(12)2)15(4)22-21(23)19-11-16-7-6-8-18(24-5)20(16)25-19/h6-11,15H,1-5H3,(H,22,23)/t15-/m1/s1. The molecule has 1 amide bonds. The maximum atomic E-state index is 12.6. The zero-order valence-electron chi connectivity index (χ0n) is 15.3. The summed E-state index contributed by atoms with van der Waals surface area (Å²) in [6, 6.07) is 11.5. The van der Waals surface area contributed by atoms with Crippen LogP contribution in [-0.4, -0.2) is 13.0 Å². The molecule has 3 aromatic rings. The van der Waals surface area contributed by atoms with Gasteiger partial charge in [-0.3, -0.25) is 4.79 Å². The topological polar surface area (TPSA) is 51.5 Å². The van der Waals surface area contributed by atoms with Crippen LogP contribution in [0.5, 0.6) is 5.75 Å². The first-order valence-corrected chi connectivity index (χ1v) is 8.36. The molecule has 0 bridgehead atoms. The molecule has 0 aliphatic carbocycles. The van der Waals surface area contributed by atoms with Gasteiger partial charge in [-0.2, -0.15) is 0 Å². The van der Waals surface area contributed by atoms with E-state index in [0.29, 0.717) is 11.3 Å². The van der Waals surface area contributed by atoms with Crippen LogP contribution in [0.4, 0.5) is 0 Å². The van der Waals surface area contributed by atoms with Crippen LogP contribution in [0.3, 0.4) is 0 Å². The minimum absolute atomic E-state index is 0.109. The Morgan fingerprint density at radius 1 is 1.08 bits per heavy atom. The lowest BCUT2D eigenvalue weighted by Crippen LogP contribution is -2.26. The van der Waals surface area contributed by atoms with Crippen molar-refractivity contribution in [2.24, 2.45) is 0 Å². The molecule has 0 radical (unpaired) electrons. The van der Waals surface area contributed by atoms with Crippen molar-refractivity contribution in [1.82, 2.24) is 5.32 Å². The number of amides is 1. The van der Waals surface area contributed by atoms with Crippen LogP contribution in [0.2, 0.25) is 0 Å². The van der Waals surface area contributed by atoms with Crippen molar-refractivity contribution in [3.8, 4) is 5.75 Å². The van der Waals surface area contributed by atoms with Gasteiger partial charge in [-0.25, -0.2) is 0 Å². The number of carbonyl (C=O) groups is 1. The third-order valence-electron chi connectivity index (χ3n) is 4.65. The van der Waals surface area contributed by atoms with E-state index in [0.717, 1.165) is 10.9 Å². The molecule has 0 spiro atoms. The number of hydrogen-bond donors (Lipinski definition) is 1. The molecule has 2 aromatic carbocycles. The Hall–Kier alpha value is -2.75. The fourth-order valence-corrected chi connectivity index (χ4v) is 3.10. The number of rotatable bonds is 4. The molecule has 3 rings (SSSR count). The molecule has 25 heavy (non-hydrogen) atoms. The summed E-state index contributed by atoms with van der Waals surface area (Å²) < 4.78 is 11.0. The molecule has 0 saturated carbocycles. The van der Waals surface area contributed by atoms with E-state index in [-0.39, 0.29) is 17.7 Å². The maximum absolute atomic E-state index is 12.6. The van der Waals surface area contributed by atoms with E-state index in [9.17, 15) is 4.79 Å². The highest BCUT2D eigenvalue weighted by Crippen LogP contribution is 2.29. The summed E-state index contributed by atoms with van der Waals surface area (Å²) in [6.45, 7) is 8.23. The predicted octanol–water partition coefficient (Wildman–Crippen LogP) is 4.86. The van der Waals surface area contributed by atoms with Crippen molar-refractivity contribution in [2.75, 3.05) is 7.11 Å². The van der Waals surface area contributed by atoms with Crippen molar-refractivity contribution < 1.29 is 13.9 Å². The first kappa shape index (κ1) is 17.1. The first-order chi connectivity index (χ1) is 11.9. The van der Waals surface area contributed by atoms with Gasteiger partial charge in [0.05, 0.1) is 13.2 Å². The highest BCUT2D eigenvalue weighted by atomic mass is 16.5. The van der Waals surface area contributed by atoms with Crippen molar-refractivity contribution in [3.05, 3.63) is 64.4 Å². The molecule has 0 saturated heterocycles. The van der Waals surface area contributed by atoms with Crippen LogP contribution in [0.1, 0.15) is 45.8 Å². The highest BCUT2D eigenvalue weighted by molar-refractivity contribution is 5.97. The van der Waals surface area contributed by atoms with Crippen molar-refractivity contribution in [3.63, 3.8) is 0 Å². The molecule has 1 aromatic heterocycles. The number of methoxy groups -OCH3 is 1. The number of fused-ring (bicyclic) bond motifs is 1. The summed E-state index contributed by atoms with van der Waals surface area (Å²) in [6.07, 6.45) is 0. The second kappa shape index (κ2) is 6.63. The number of aryl methyl sites for hydroxylation is 3. The van der Waals surface area contributed by atoms with Crippen molar-refractivity contribution in [1.29, 1.82) is 0 Å². The Balaban J connectivity index is 1.86.